The van der Waals surface area contributed by atoms with Gasteiger partial charge in [-0.15, -0.1) is 0 Å². The lowest BCUT2D eigenvalue weighted by molar-refractivity contribution is -0.157. The number of H-pyrrole nitrogens is 1. The van der Waals surface area contributed by atoms with Gasteiger partial charge in [-0.25, -0.2) is 4.98 Å². The molecule has 0 spiro atoms. The van der Waals surface area contributed by atoms with Crippen LogP contribution in [0.3, 0.4) is 0 Å². The maximum Gasteiger partial charge on any atom is 0.314 e. The number of hydrogen-bond acceptors (Lipinski definition) is 5. The Morgan fingerprint density at radius 1 is 1.30 bits per heavy atom. The number of hydrogen-bond donors (Lipinski definition) is 1. The van der Waals surface area contributed by atoms with Crippen molar-refractivity contribution < 1.29 is 14.3 Å². The minimum Gasteiger partial charge on any atom is -0.466 e. The van der Waals surface area contributed by atoms with Gasteiger partial charge in [-0.05, 0) is 44.7 Å². The van der Waals surface area contributed by atoms with E-state index < -0.39 is 5.41 Å². The summed E-state index contributed by atoms with van der Waals surface area (Å²) in [4.78, 5) is 47.0. The SMILES string of the molecule is CCOC(=O)[C@@]1(CC)C[C@H]2CC[C@@H]1N2C(=O)c1nc2ccccc2c(=O)[nH]1. The molecule has 3 heterocycles. The quantitative estimate of drug-likeness (QED) is 0.835. The lowest BCUT2D eigenvalue weighted by Gasteiger charge is -2.34. The summed E-state index contributed by atoms with van der Waals surface area (Å²) in [5, 5.41) is 0.452. The number of nitrogens with one attached hydrogen (secondary N) is 1. The Labute approximate surface area is 156 Å². The largest absolute Gasteiger partial charge is 0.466 e. The van der Waals surface area contributed by atoms with Gasteiger partial charge in [-0.2, -0.15) is 0 Å². The molecule has 0 saturated carbocycles. The van der Waals surface area contributed by atoms with Crippen molar-refractivity contribution in [3.05, 3.63) is 40.4 Å². The first-order valence-corrected chi connectivity index (χ1v) is 9.50. The van der Waals surface area contributed by atoms with Gasteiger partial charge in [0.15, 0.2) is 5.82 Å². The molecule has 7 heteroatoms. The van der Waals surface area contributed by atoms with Gasteiger partial charge in [0.25, 0.3) is 11.5 Å². The number of fused-ring (bicyclic) bond motifs is 3. The second kappa shape index (κ2) is 6.48. The fraction of sp³-hybridized carbons (Fsp3) is 0.500. The third-order valence-electron chi connectivity index (χ3n) is 6.10. The maximum absolute atomic E-state index is 13.2. The molecule has 1 aromatic heterocycles. The van der Waals surface area contributed by atoms with Crippen molar-refractivity contribution in [1.82, 2.24) is 14.9 Å². The van der Waals surface area contributed by atoms with E-state index in [-0.39, 0.29) is 35.3 Å². The van der Waals surface area contributed by atoms with Crippen LogP contribution in [0.2, 0.25) is 0 Å². The van der Waals surface area contributed by atoms with Gasteiger partial charge in [0.05, 0.1) is 22.9 Å². The third kappa shape index (κ3) is 2.56. The number of para-hydroxylation sites is 1. The molecule has 142 valence electrons. The molecule has 1 amide bonds. The van der Waals surface area contributed by atoms with Crippen LogP contribution in [-0.4, -0.2) is 45.4 Å². The highest BCUT2D eigenvalue weighted by molar-refractivity contribution is 5.94. The smallest absolute Gasteiger partial charge is 0.314 e. The first-order chi connectivity index (χ1) is 13.0. The molecule has 2 aromatic rings. The Bertz CT molecular complexity index is 969. The molecular weight excluding hydrogens is 346 g/mol. The van der Waals surface area contributed by atoms with Crippen LogP contribution in [0.5, 0.6) is 0 Å². The fourth-order valence-electron chi connectivity index (χ4n) is 4.82. The number of amides is 1. The highest BCUT2D eigenvalue weighted by Crippen LogP contribution is 2.52. The number of esters is 1. The summed E-state index contributed by atoms with van der Waals surface area (Å²) < 4.78 is 5.33. The molecule has 2 fully saturated rings. The molecule has 2 aliphatic rings. The Morgan fingerprint density at radius 3 is 2.81 bits per heavy atom. The van der Waals surface area contributed by atoms with Crippen molar-refractivity contribution in [2.75, 3.05) is 6.61 Å². The Balaban J connectivity index is 1.71. The summed E-state index contributed by atoms with van der Waals surface area (Å²) in [5.41, 5.74) is -0.503. The van der Waals surface area contributed by atoms with Gasteiger partial charge in [0.1, 0.15) is 0 Å². The summed E-state index contributed by atoms with van der Waals surface area (Å²) in [7, 11) is 0. The molecule has 2 saturated heterocycles. The Morgan fingerprint density at radius 2 is 2.07 bits per heavy atom. The average Bonchev–Trinajstić information content (AvgIpc) is 3.24. The first kappa shape index (κ1) is 17.7. The zero-order valence-electron chi connectivity index (χ0n) is 15.5. The van der Waals surface area contributed by atoms with E-state index >= 15 is 0 Å². The van der Waals surface area contributed by atoms with Crippen molar-refractivity contribution in [3.8, 4) is 0 Å². The second-order valence-corrected chi connectivity index (χ2v) is 7.33. The van der Waals surface area contributed by atoms with Crippen molar-refractivity contribution in [2.24, 2.45) is 5.41 Å². The minimum atomic E-state index is -0.661. The average molecular weight is 369 g/mol. The molecule has 2 bridgehead atoms. The molecule has 1 N–H and O–H groups in total. The van der Waals surface area contributed by atoms with Crippen LogP contribution in [0.15, 0.2) is 29.1 Å². The van der Waals surface area contributed by atoms with E-state index in [1.807, 2.05) is 6.92 Å². The van der Waals surface area contributed by atoms with Crippen molar-refractivity contribution in [2.45, 2.75) is 51.6 Å². The fourth-order valence-corrected chi connectivity index (χ4v) is 4.82. The van der Waals surface area contributed by atoms with Gasteiger partial charge in [-0.3, -0.25) is 14.4 Å². The molecule has 0 radical (unpaired) electrons. The highest BCUT2D eigenvalue weighted by Gasteiger charge is 2.61. The van der Waals surface area contributed by atoms with E-state index in [0.717, 1.165) is 12.8 Å². The van der Waals surface area contributed by atoms with E-state index in [2.05, 4.69) is 9.97 Å². The zero-order valence-corrected chi connectivity index (χ0v) is 15.5. The number of ether oxygens (including phenoxy) is 1. The van der Waals surface area contributed by atoms with Gasteiger partial charge < -0.3 is 14.6 Å². The predicted octanol–water partition coefficient (Wildman–Crippen LogP) is 2.26. The number of rotatable bonds is 4. The van der Waals surface area contributed by atoms with E-state index in [4.69, 9.17) is 4.74 Å². The summed E-state index contributed by atoms with van der Waals surface area (Å²) in [6.07, 6.45) is 2.85. The van der Waals surface area contributed by atoms with E-state index in [0.29, 0.717) is 30.4 Å². The minimum absolute atomic E-state index is 0.0244. The molecule has 7 nitrogen and oxygen atoms in total. The van der Waals surface area contributed by atoms with Gasteiger partial charge >= 0.3 is 5.97 Å². The standard InChI is InChI=1S/C20H23N3O4/c1-3-20(19(26)27-4-2)11-12-9-10-15(20)23(12)18(25)16-21-14-8-6-5-7-13(14)17(24)22-16/h5-8,12,15H,3-4,9-11H2,1-2H3,(H,21,22,24)/t12-,15+,20+/m1/s1. The monoisotopic (exact) mass is 369 g/mol. The van der Waals surface area contributed by atoms with Gasteiger partial charge in [-0.1, -0.05) is 19.1 Å². The highest BCUT2D eigenvalue weighted by atomic mass is 16.5. The number of carbonyl (C=O) groups excluding carboxylic acids is 2. The number of aromatic amines is 1. The van der Waals surface area contributed by atoms with Crippen LogP contribution in [0, 0.1) is 5.41 Å². The molecule has 27 heavy (non-hydrogen) atoms. The summed E-state index contributed by atoms with van der Waals surface area (Å²) in [5.74, 6) is -0.506. The van der Waals surface area contributed by atoms with Crippen LogP contribution >= 0.6 is 0 Å². The molecule has 0 unspecified atom stereocenters. The number of aromatic nitrogens is 2. The van der Waals surface area contributed by atoms with Crippen LogP contribution in [0.25, 0.3) is 10.9 Å². The van der Waals surface area contributed by atoms with Crippen LogP contribution in [0.1, 0.15) is 50.1 Å². The van der Waals surface area contributed by atoms with E-state index in [1.165, 1.54) is 0 Å². The molecule has 4 rings (SSSR count). The van der Waals surface area contributed by atoms with Crippen LogP contribution < -0.4 is 5.56 Å². The normalized spacial score (nSPS) is 26.5. The lowest BCUT2D eigenvalue weighted by Crippen LogP contribution is -2.46. The van der Waals surface area contributed by atoms with Crippen molar-refractivity contribution in [1.29, 1.82) is 0 Å². The van der Waals surface area contributed by atoms with Crippen LogP contribution in [-0.2, 0) is 9.53 Å². The molecule has 0 aliphatic carbocycles. The molecule has 2 aliphatic heterocycles. The summed E-state index contributed by atoms with van der Waals surface area (Å²) >= 11 is 0. The third-order valence-corrected chi connectivity index (χ3v) is 6.10. The Kier molecular flexibility index (Phi) is 4.25. The van der Waals surface area contributed by atoms with E-state index in [9.17, 15) is 14.4 Å². The van der Waals surface area contributed by atoms with Crippen molar-refractivity contribution >= 4 is 22.8 Å². The molecule has 3 atom stereocenters. The lowest BCUT2D eigenvalue weighted by atomic mass is 9.72. The number of benzene rings is 1. The molecule has 1 aromatic carbocycles. The number of nitrogens with zero attached hydrogens (tertiary/aromatic N) is 2. The second-order valence-electron chi connectivity index (χ2n) is 7.33. The summed E-state index contributed by atoms with van der Waals surface area (Å²) in [6.45, 7) is 4.09. The van der Waals surface area contributed by atoms with Crippen molar-refractivity contribution in [3.63, 3.8) is 0 Å². The van der Waals surface area contributed by atoms with E-state index in [1.54, 1.807) is 36.1 Å². The predicted molar refractivity (Wildman–Crippen MR) is 99.3 cm³/mol. The topological polar surface area (TPSA) is 92.4 Å². The first-order valence-electron chi connectivity index (χ1n) is 9.50. The summed E-state index contributed by atoms with van der Waals surface area (Å²) in [6, 6.07) is 6.70. The molecular formula is C20H23N3O4. The van der Waals surface area contributed by atoms with Gasteiger partial charge in [0, 0.05) is 12.1 Å². The van der Waals surface area contributed by atoms with Gasteiger partial charge in [0.2, 0.25) is 0 Å². The zero-order chi connectivity index (χ0) is 19.2. The Hall–Kier alpha value is -2.70. The van der Waals surface area contributed by atoms with Crippen LogP contribution in [0.4, 0.5) is 0 Å². The maximum atomic E-state index is 13.2. The number of carbonyl (C=O) groups is 2.